The van der Waals surface area contributed by atoms with Gasteiger partial charge in [0, 0.05) is 25.2 Å². The number of benzene rings is 1. The monoisotopic (exact) mass is 531 g/mol. The molecule has 9 heteroatoms. The van der Waals surface area contributed by atoms with E-state index in [-0.39, 0.29) is 29.4 Å². The quantitative estimate of drug-likeness (QED) is 0.209. The molecule has 30 heavy (non-hydrogen) atoms. The van der Waals surface area contributed by atoms with E-state index in [0.717, 1.165) is 37.5 Å². The molecule has 1 aromatic carbocycles. The molecule has 0 spiro atoms. The molecule has 2 N–H and O–H groups in total. The van der Waals surface area contributed by atoms with Gasteiger partial charge < -0.3 is 24.6 Å². The van der Waals surface area contributed by atoms with Gasteiger partial charge in [0.1, 0.15) is 5.75 Å². The van der Waals surface area contributed by atoms with Crippen LogP contribution >= 0.6 is 24.0 Å². The first-order chi connectivity index (χ1) is 13.9. The Bertz CT molecular complexity index is 757. The molecule has 8 nitrogen and oxygen atoms in total. The number of ether oxygens (including phenoxy) is 2. The number of nitrogens with one attached hydrogen (secondary N) is 2. The van der Waals surface area contributed by atoms with Gasteiger partial charge in [-0.15, -0.1) is 24.0 Å². The molecule has 0 aliphatic carbocycles. The van der Waals surface area contributed by atoms with Gasteiger partial charge in [0.05, 0.1) is 20.2 Å². The van der Waals surface area contributed by atoms with Gasteiger partial charge in [0.25, 0.3) is 0 Å². The molecule has 0 amide bonds. The van der Waals surface area contributed by atoms with E-state index in [1.54, 1.807) is 7.11 Å². The highest BCUT2D eigenvalue weighted by molar-refractivity contribution is 14.0. The summed E-state index contributed by atoms with van der Waals surface area (Å²) in [6.07, 6.45) is 0.896. The Morgan fingerprint density at radius 1 is 1.17 bits per heavy atom. The Labute approximate surface area is 196 Å². The number of methoxy groups -OCH3 is 1. The average Bonchev–Trinajstić information content (AvgIpc) is 3.19. The highest BCUT2D eigenvalue weighted by Gasteiger charge is 2.21. The first kappa shape index (κ1) is 26.2. The predicted molar refractivity (Wildman–Crippen MR) is 128 cm³/mol. The van der Waals surface area contributed by atoms with E-state index in [0.29, 0.717) is 30.8 Å². The minimum atomic E-state index is -0.173. The van der Waals surface area contributed by atoms with Crippen LogP contribution in [0.15, 0.2) is 33.8 Å². The van der Waals surface area contributed by atoms with Crippen LogP contribution in [0.4, 0.5) is 0 Å². The van der Waals surface area contributed by atoms with Crippen molar-refractivity contribution in [2.24, 2.45) is 4.99 Å². The van der Waals surface area contributed by atoms with Crippen LogP contribution in [0.5, 0.6) is 5.75 Å². The minimum Gasteiger partial charge on any atom is -0.497 e. The molecule has 1 aromatic heterocycles. The number of hydrogen-bond acceptors (Lipinski definition) is 6. The topological polar surface area (TPSA) is 93.8 Å². The third-order valence-corrected chi connectivity index (χ3v) is 4.06. The summed E-state index contributed by atoms with van der Waals surface area (Å²) in [6.45, 7) is 11.3. The fourth-order valence-corrected chi connectivity index (χ4v) is 2.39. The van der Waals surface area contributed by atoms with Crippen LogP contribution in [-0.4, -0.2) is 43.0 Å². The molecule has 2 rings (SSSR count). The van der Waals surface area contributed by atoms with Gasteiger partial charge in [-0.25, -0.2) is 4.99 Å². The third kappa shape index (κ3) is 9.29. The van der Waals surface area contributed by atoms with Gasteiger partial charge in [0.2, 0.25) is 5.89 Å². The molecule has 0 atom stereocenters. The van der Waals surface area contributed by atoms with Crippen LogP contribution in [0, 0.1) is 0 Å². The zero-order valence-corrected chi connectivity index (χ0v) is 20.9. The second kappa shape index (κ2) is 13.4. The lowest BCUT2D eigenvalue weighted by Gasteiger charge is -2.12. The number of halogens is 1. The maximum atomic E-state index is 5.39. The van der Waals surface area contributed by atoms with E-state index in [9.17, 15) is 0 Å². The normalized spacial score (nSPS) is 11.7. The van der Waals surface area contributed by atoms with Gasteiger partial charge in [0.15, 0.2) is 11.8 Å². The Hall–Kier alpha value is -1.88. The van der Waals surface area contributed by atoms with Crippen molar-refractivity contribution in [2.45, 2.75) is 52.6 Å². The Balaban J connectivity index is 0.00000450. The van der Waals surface area contributed by atoms with Crippen LogP contribution in [0.25, 0.3) is 0 Å². The van der Waals surface area contributed by atoms with Gasteiger partial charge in [-0.1, -0.05) is 38.1 Å². The maximum Gasteiger partial charge on any atom is 0.232 e. The highest BCUT2D eigenvalue weighted by Crippen LogP contribution is 2.19. The van der Waals surface area contributed by atoms with Crippen molar-refractivity contribution >= 4 is 29.9 Å². The summed E-state index contributed by atoms with van der Waals surface area (Å²) < 4.78 is 15.9. The minimum absolute atomic E-state index is 0. The lowest BCUT2D eigenvalue weighted by molar-refractivity contribution is 0.145. The molecule has 0 fully saturated rings. The van der Waals surface area contributed by atoms with Crippen molar-refractivity contribution in [1.29, 1.82) is 0 Å². The molecule has 0 bridgehead atoms. The fraction of sp³-hybridized carbons (Fsp3) is 0.571. The number of hydrogen-bond donors (Lipinski definition) is 2. The number of nitrogens with zero attached hydrogens (tertiary/aromatic N) is 3. The molecular formula is C21H34IN5O3. The van der Waals surface area contributed by atoms with Crippen molar-refractivity contribution in [1.82, 2.24) is 20.8 Å². The van der Waals surface area contributed by atoms with Crippen LogP contribution in [0.1, 0.15) is 51.4 Å². The molecule has 0 radical (unpaired) electrons. The van der Waals surface area contributed by atoms with E-state index in [4.69, 9.17) is 14.0 Å². The molecule has 0 aliphatic heterocycles. The zero-order valence-electron chi connectivity index (χ0n) is 18.5. The van der Waals surface area contributed by atoms with Crippen LogP contribution < -0.4 is 15.4 Å². The van der Waals surface area contributed by atoms with Gasteiger partial charge in [-0.05, 0) is 31.0 Å². The summed E-state index contributed by atoms with van der Waals surface area (Å²) in [6, 6.07) is 7.87. The van der Waals surface area contributed by atoms with Crippen LogP contribution in [0.3, 0.4) is 0 Å². The van der Waals surface area contributed by atoms with Crippen molar-refractivity contribution in [3.63, 3.8) is 0 Å². The number of aliphatic imine (C=N–C) groups is 1. The summed E-state index contributed by atoms with van der Waals surface area (Å²) >= 11 is 0. The summed E-state index contributed by atoms with van der Waals surface area (Å²) in [5.41, 5.74) is 0.921. The number of aromatic nitrogens is 2. The van der Waals surface area contributed by atoms with Crippen molar-refractivity contribution < 1.29 is 14.0 Å². The van der Waals surface area contributed by atoms with E-state index < -0.39 is 0 Å². The molecule has 0 saturated carbocycles. The molecular weight excluding hydrogens is 497 g/mol. The Morgan fingerprint density at radius 2 is 1.90 bits per heavy atom. The second-order valence-corrected chi connectivity index (χ2v) is 7.61. The molecule has 0 aliphatic rings. The number of guanidine groups is 1. The molecule has 2 aromatic rings. The lowest BCUT2D eigenvalue weighted by Crippen LogP contribution is -2.38. The standard InChI is InChI=1S/C21H33N5O3.HI/c1-6-28-13-7-12-22-20(23-14-16-8-10-17(27-5)11-9-16)24-15-18-25-19(29-26-18)21(2,3)4;/h8-11H,6-7,12-15H2,1-5H3,(H2,22,23,24);1H. The summed E-state index contributed by atoms with van der Waals surface area (Å²) in [5.74, 6) is 2.75. The summed E-state index contributed by atoms with van der Waals surface area (Å²) in [4.78, 5) is 9.12. The smallest absolute Gasteiger partial charge is 0.232 e. The van der Waals surface area contributed by atoms with Crippen LogP contribution in [0.2, 0.25) is 0 Å². The van der Waals surface area contributed by atoms with E-state index in [2.05, 4.69) is 25.8 Å². The Kier molecular flexibility index (Phi) is 11.7. The highest BCUT2D eigenvalue weighted by atomic mass is 127. The molecule has 168 valence electrons. The van der Waals surface area contributed by atoms with Gasteiger partial charge >= 0.3 is 0 Å². The van der Waals surface area contributed by atoms with E-state index in [1.165, 1.54) is 0 Å². The van der Waals surface area contributed by atoms with Gasteiger partial charge in [-0.3, -0.25) is 0 Å². The fourth-order valence-electron chi connectivity index (χ4n) is 2.39. The van der Waals surface area contributed by atoms with Gasteiger partial charge in [-0.2, -0.15) is 4.98 Å². The van der Waals surface area contributed by atoms with E-state index in [1.807, 2.05) is 52.0 Å². The average molecular weight is 531 g/mol. The SMILES string of the molecule is CCOCCCNC(=NCc1ccc(OC)cc1)NCc1noc(C(C)(C)C)n1.I. The molecule has 0 unspecified atom stereocenters. The number of rotatable bonds is 10. The largest absolute Gasteiger partial charge is 0.497 e. The van der Waals surface area contributed by atoms with Crippen molar-refractivity contribution in [3.8, 4) is 5.75 Å². The molecule has 1 heterocycles. The third-order valence-electron chi connectivity index (χ3n) is 4.06. The Morgan fingerprint density at radius 3 is 2.50 bits per heavy atom. The second-order valence-electron chi connectivity index (χ2n) is 7.61. The predicted octanol–water partition coefficient (Wildman–Crippen LogP) is 3.66. The first-order valence-corrected chi connectivity index (χ1v) is 9.98. The molecule has 0 saturated heterocycles. The van der Waals surface area contributed by atoms with Crippen molar-refractivity contribution in [3.05, 3.63) is 41.5 Å². The van der Waals surface area contributed by atoms with Crippen molar-refractivity contribution in [2.75, 3.05) is 26.9 Å². The summed E-state index contributed by atoms with van der Waals surface area (Å²) in [5, 5.41) is 10.6. The lowest BCUT2D eigenvalue weighted by atomic mass is 9.97. The maximum absolute atomic E-state index is 5.39. The van der Waals surface area contributed by atoms with Crippen LogP contribution in [-0.2, 0) is 23.2 Å². The summed E-state index contributed by atoms with van der Waals surface area (Å²) in [7, 11) is 1.66. The zero-order chi connectivity index (χ0) is 21.1. The van der Waals surface area contributed by atoms with E-state index >= 15 is 0 Å². The first-order valence-electron chi connectivity index (χ1n) is 9.98.